The lowest BCUT2D eigenvalue weighted by Gasteiger charge is -2.51. The van der Waals surface area contributed by atoms with Crippen LogP contribution in [0.3, 0.4) is 0 Å². The van der Waals surface area contributed by atoms with E-state index in [1.807, 2.05) is 0 Å². The smallest absolute Gasteiger partial charge is 0.255 e. The van der Waals surface area contributed by atoms with Crippen LogP contribution in [0, 0.1) is 11.8 Å². The topological polar surface area (TPSA) is 174 Å². The van der Waals surface area contributed by atoms with Crippen LogP contribution in [0.2, 0.25) is 0 Å². The first kappa shape index (κ1) is 23.2. The summed E-state index contributed by atoms with van der Waals surface area (Å²) in [7, 11) is 3.17. The SMILES string of the molecule is CN(C)C1C(O)=C(C(N)=O)C(=O)[C@@]2(O)C(O)=C3C(=O)c4c(O)cccc4[C@H](c4nccs4)C3CC12. The first-order valence-corrected chi connectivity index (χ1v) is 11.8. The number of thiazole rings is 1. The number of phenols is 1. The number of Topliss-reactive ketones (excluding diaryl/α,β-unsaturated/α-hetero) is 2. The van der Waals surface area contributed by atoms with Gasteiger partial charge in [0.05, 0.1) is 11.6 Å². The second-order valence-electron chi connectivity index (χ2n) is 9.26. The molecule has 5 atom stereocenters. The molecule has 1 amide bonds. The molecule has 3 aliphatic rings. The Hall–Kier alpha value is -3.54. The van der Waals surface area contributed by atoms with E-state index in [1.54, 1.807) is 37.8 Å². The van der Waals surface area contributed by atoms with Gasteiger partial charge in [0.2, 0.25) is 5.78 Å². The van der Waals surface area contributed by atoms with Crippen LogP contribution < -0.4 is 5.73 Å². The summed E-state index contributed by atoms with van der Waals surface area (Å²) in [5, 5.41) is 46.9. The Morgan fingerprint density at radius 3 is 2.54 bits per heavy atom. The molecule has 0 radical (unpaired) electrons. The molecular formula is C24H23N3O7S. The van der Waals surface area contributed by atoms with Crippen molar-refractivity contribution in [3.05, 3.63) is 68.6 Å². The molecule has 0 spiro atoms. The molecular weight excluding hydrogens is 474 g/mol. The third kappa shape index (κ3) is 2.95. The molecule has 1 aromatic heterocycles. The Morgan fingerprint density at radius 2 is 1.94 bits per heavy atom. The third-order valence-electron chi connectivity index (χ3n) is 7.33. The number of aromatic nitrogens is 1. The summed E-state index contributed by atoms with van der Waals surface area (Å²) < 4.78 is 0. The number of rotatable bonds is 3. The van der Waals surface area contributed by atoms with E-state index in [1.165, 1.54) is 22.3 Å². The maximum Gasteiger partial charge on any atom is 0.255 e. The van der Waals surface area contributed by atoms with Crippen LogP contribution in [-0.2, 0) is 9.59 Å². The maximum absolute atomic E-state index is 13.6. The summed E-state index contributed by atoms with van der Waals surface area (Å²) in [6.45, 7) is 0. The quantitative estimate of drug-likeness (QED) is 0.390. The highest BCUT2D eigenvalue weighted by molar-refractivity contribution is 7.09. The lowest BCUT2D eigenvalue weighted by atomic mass is 9.56. The number of aliphatic hydroxyl groups excluding tert-OH is 2. The third-order valence-corrected chi connectivity index (χ3v) is 8.18. The molecule has 1 heterocycles. The van der Waals surface area contributed by atoms with Crippen LogP contribution in [0.1, 0.15) is 33.3 Å². The molecule has 0 aliphatic heterocycles. The standard InChI is InChI=1S/C24H23N3O7S/c1-27(2)17-11-8-10-13(23-26-6-7-35-23)9-4-3-5-12(28)14(9)18(29)15(10)20(31)24(11,34)21(32)16(19(17)30)22(25)33/h3-7,10-11,13,17,28,30-31,34H,8H2,1-2H3,(H2,25,33)/t10?,11?,13-,17?,24-/m0/s1. The van der Waals surface area contributed by atoms with Crippen LogP contribution in [-0.4, -0.2) is 73.5 Å². The summed E-state index contributed by atoms with van der Waals surface area (Å²) in [6.07, 6.45) is 1.59. The van der Waals surface area contributed by atoms with Gasteiger partial charge in [0, 0.05) is 34.9 Å². The molecule has 1 aromatic carbocycles. The number of amides is 1. The highest BCUT2D eigenvalue weighted by atomic mass is 32.1. The lowest BCUT2D eigenvalue weighted by Crippen LogP contribution is -2.64. The van der Waals surface area contributed by atoms with Crippen molar-refractivity contribution in [1.82, 2.24) is 9.88 Å². The zero-order valence-corrected chi connectivity index (χ0v) is 19.6. The van der Waals surface area contributed by atoms with E-state index < -0.39 is 64.0 Å². The average Bonchev–Trinajstić information content (AvgIpc) is 3.30. The molecule has 3 aliphatic carbocycles. The van der Waals surface area contributed by atoms with Crippen molar-refractivity contribution in [2.75, 3.05) is 14.1 Å². The largest absolute Gasteiger partial charge is 0.510 e. The van der Waals surface area contributed by atoms with Crippen molar-refractivity contribution < 1.29 is 34.8 Å². The number of hydrogen-bond acceptors (Lipinski definition) is 10. The summed E-state index contributed by atoms with van der Waals surface area (Å²) in [5.74, 6) is -7.47. The van der Waals surface area contributed by atoms with E-state index >= 15 is 0 Å². The minimum absolute atomic E-state index is 0.00827. The summed E-state index contributed by atoms with van der Waals surface area (Å²) in [5.41, 5.74) is 2.09. The van der Waals surface area contributed by atoms with Crippen molar-refractivity contribution in [2.45, 2.75) is 24.0 Å². The number of aromatic hydroxyl groups is 1. The number of benzene rings is 1. The summed E-state index contributed by atoms with van der Waals surface area (Å²) >= 11 is 1.33. The van der Waals surface area contributed by atoms with E-state index in [9.17, 15) is 34.8 Å². The van der Waals surface area contributed by atoms with E-state index in [0.717, 1.165) is 0 Å². The number of allylic oxidation sites excluding steroid dienone is 1. The van der Waals surface area contributed by atoms with Crippen molar-refractivity contribution in [3.63, 3.8) is 0 Å². The normalized spacial score (nSPS) is 30.3. The van der Waals surface area contributed by atoms with Gasteiger partial charge in [0.1, 0.15) is 27.8 Å². The Labute approximate surface area is 203 Å². The van der Waals surface area contributed by atoms with Gasteiger partial charge in [-0.1, -0.05) is 12.1 Å². The molecule has 0 saturated carbocycles. The number of hydrogen-bond donors (Lipinski definition) is 5. The summed E-state index contributed by atoms with van der Waals surface area (Å²) in [4.78, 5) is 45.0. The predicted molar refractivity (Wildman–Crippen MR) is 124 cm³/mol. The number of nitrogens with two attached hydrogens (primary N) is 1. The van der Waals surface area contributed by atoms with Crippen LogP contribution in [0.25, 0.3) is 0 Å². The Balaban J connectivity index is 1.82. The fraction of sp³-hybridized carbons (Fsp3) is 0.333. The van der Waals surface area contributed by atoms with Gasteiger partial charge in [0.25, 0.3) is 5.91 Å². The van der Waals surface area contributed by atoms with Gasteiger partial charge in [-0.15, -0.1) is 11.3 Å². The molecule has 6 N–H and O–H groups in total. The fourth-order valence-corrected chi connectivity index (χ4v) is 6.75. The van der Waals surface area contributed by atoms with Gasteiger partial charge in [-0.3, -0.25) is 19.3 Å². The van der Waals surface area contributed by atoms with Crippen LogP contribution in [0.15, 0.2) is 52.4 Å². The molecule has 3 unspecified atom stereocenters. The summed E-state index contributed by atoms with van der Waals surface area (Å²) in [6, 6.07) is 3.59. The van der Waals surface area contributed by atoms with Crippen LogP contribution in [0.5, 0.6) is 5.75 Å². The Morgan fingerprint density at radius 1 is 1.23 bits per heavy atom. The van der Waals surface area contributed by atoms with E-state index in [2.05, 4.69) is 4.98 Å². The number of nitrogens with zero attached hydrogens (tertiary/aromatic N) is 2. The minimum Gasteiger partial charge on any atom is -0.510 e. The highest BCUT2D eigenvalue weighted by Gasteiger charge is 2.64. The highest BCUT2D eigenvalue weighted by Crippen LogP contribution is 2.56. The molecule has 35 heavy (non-hydrogen) atoms. The molecule has 0 saturated heterocycles. The minimum atomic E-state index is -2.68. The van der Waals surface area contributed by atoms with Gasteiger partial charge >= 0.3 is 0 Å². The molecule has 2 aromatic rings. The second-order valence-corrected chi connectivity index (χ2v) is 10.2. The number of aliphatic hydroxyl groups is 3. The maximum atomic E-state index is 13.6. The zero-order valence-electron chi connectivity index (χ0n) is 18.8. The number of primary amides is 1. The van der Waals surface area contributed by atoms with Gasteiger partial charge in [-0.2, -0.15) is 0 Å². The van der Waals surface area contributed by atoms with Crippen LogP contribution >= 0.6 is 11.3 Å². The second kappa shape index (κ2) is 7.74. The van der Waals surface area contributed by atoms with Gasteiger partial charge in [-0.05, 0) is 32.1 Å². The van der Waals surface area contributed by atoms with Crippen molar-refractivity contribution in [3.8, 4) is 5.75 Å². The zero-order chi connectivity index (χ0) is 25.4. The van der Waals surface area contributed by atoms with Crippen LogP contribution in [0.4, 0.5) is 0 Å². The fourth-order valence-electron chi connectivity index (χ4n) is 5.93. The van der Waals surface area contributed by atoms with E-state index in [4.69, 9.17) is 5.73 Å². The van der Waals surface area contributed by atoms with Gasteiger partial charge < -0.3 is 26.2 Å². The monoisotopic (exact) mass is 497 g/mol. The molecule has 5 rings (SSSR count). The van der Waals surface area contributed by atoms with Gasteiger partial charge in [0.15, 0.2) is 11.4 Å². The number of carbonyl (C=O) groups excluding carboxylic acids is 3. The first-order valence-electron chi connectivity index (χ1n) is 10.9. The number of ketones is 2. The molecule has 0 bridgehead atoms. The Kier molecular flexibility index (Phi) is 5.13. The number of fused-ring (bicyclic) bond motifs is 3. The number of carbonyl (C=O) groups is 3. The van der Waals surface area contributed by atoms with Crippen molar-refractivity contribution >= 4 is 28.8 Å². The number of likely N-dealkylation sites (N-methyl/N-ethyl adjacent to an activating group) is 1. The Bertz CT molecular complexity index is 1350. The molecule has 11 heteroatoms. The van der Waals surface area contributed by atoms with Gasteiger partial charge in [-0.25, -0.2) is 4.98 Å². The molecule has 182 valence electrons. The average molecular weight is 498 g/mol. The molecule has 10 nitrogen and oxygen atoms in total. The van der Waals surface area contributed by atoms with E-state index in [0.29, 0.717) is 10.6 Å². The predicted octanol–water partition coefficient (Wildman–Crippen LogP) is 1.17. The lowest BCUT2D eigenvalue weighted by molar-refractivity contribution is -0.148. The van der Waals surface area contributed by atoms with Crippen molar-refractivity contribution in [1.29, 1.82) is 0 Å². The molecule has 0 fully saturated rings. The van der Waals surface area contributed by atoms with Crippen molar-refractivity contribution in [2.24, 2.45) is 17.6 Å². The number of phenolic OH excluding ortho intramolecular Hbond substituents is 1. The van der Waals surface area contributed by atoms with E-state index in [-0.39, 0.29) is 23.3 Å². The first-order chi connectivity index (χ1) is 16.5.